The van der Waals surface area contributed by atoms with Gasteiger partial charge in [0.15, 0.2) is 0 Å². The Balaban J connectivity index is 1.28. The monoisotopic (exact) mass is 457 g/mol. The summed E-state index contributed by atoms with van der Waals surface area (Å²) in [4.78, 5) is 11.7. The fourth-order valence-electron chi connectivity index (χ4n) is 4.55. The number of nitrogens with zero attached hydrogens (tertiary/aromatic N) is 4. The molecule has 1 aromatic carbocycles. The first kappa shape index (κ1) is 21.3. The minimum Gasteiger partial charge on any atom is -0.411 e. The van der Waals surface area contributed by atoms with Crippen LogP contribution in [0.15, 0.2) is 40.6 Å². The van der Waals surface area contributed by atoms with Crippen LogP contribution in [0.3, 0.4) is 0 Å². The molecule has 0 unspecified atom stereocenters. The number of hydrogen-bond acceptors (Lipinski definition) is 6. The highest BCUT2D eigenvalue weighted by Crippen LogP contribution is 2.43. The van der Waals surface area contributed by atoms with E-state index < -0.39 is 5.82 Å². The smallest absolute Gasteiger partial charge is 0.141 e. The molecule has 1 spiro atoms. The van der Waals surface area contributed by atoms with Crippen molar-refractivity contribution < 1.29 is 14.3 Å². The van der Waals surface area contributed by atoms with Gasteiger partial charge in [-0.2, -0.15) is 0 Å². The van der Waals surface area contributed by atoms with E-state index >= 15 is 0 Å². The molecule has 5 rings (SSSR count). The first-order valence-corrected chi connectivity index (χ1v) is 11.2. The molecule has 3 heterocycles. The van der Waals surface area contributed by atoms with Crippen molar-refractivity contribution in [3.63, 3.8) is 0 Å². The zero-order valence-electron chi connectivity index (χ0n) is 17.7. The number of aliphatic imine (C=N–C) groups is 1. The van der Waals surface area contributed by atoms with E-state index in [0.29, 0.717) is 25.1 Å². The standard InChI is InChI=1S/C23H25ClFN5O2/c24-18-11-15(1-2-19(18)25)12-20(29-31)16-3-6-27-22-17(16)13-21(28-22)26-7-8-30-9-10-32-14-23(30)4-5-23/h1-3,6,11,31H,4-5,7-10,12-14H2,(H,26,27,28)/b29-20+. The van der Waals surface area contributed by atoms with Crippen LogP contribution in [0, 0.1) is 5.82 Å². The minimum absolute atomic E-state index is 0.0454. The number of pyridine rings is 1. The zero-order chi connectivity index (χ0) is 22.1. The molecule has 2 fully saturated rings. The number of aromatic nitrogens is 1. The summed E-state index contributed by atoms with van der Waals surface area (Å²) in [5.74, 6) is 1.11. The molecule has 1 aromatic heterocycles. The van der Waals surface area contributed by atoms with Gasteiger partial charge in [-0.25, -0.2) is 9.37 Å². The Bertz CT molecular complexity index is 1090. The summed E-state index contributed by atoms with van der Waals surface area (Å²) < 4.78 is 19.1. The third-order valence-corrected chi connectivity index (χ3v) is 6.79. The Morgan fingerprint density at radius 1 is 1.34 bits per heavy atom. The fourth-order valence-corrected chi connectivity index (χ4v) is 4.75. The summed E-state index contributed by atoms with van der Waals surface area (Å²) in [6.07, 6.45) is 5.01. The number of morpholine rings is 1. The lowest BCUT2D eigenvalue weighted by Crippen LogP contribution is -2.48. The number of fused-ring (bicyclic) bond motifs is 1. The summed E-state index contributed by atoms with van der Waals surface area (Å²) in [5.41, 5.74) is 3.22. The van der Waals surface area contributed by atoms with Crippen molar-refractivity contribution in [3.05, 3.63) is 58.0 Å². The number of rotatable bonds is 6. The summed E-state index contributed by atoms with van der Waals surface area (Å²) in [6, 6.07) is 6.33. The number of ether oxygens (including phenoxy) is 1. The van der Waals surface area contributed by atoms with Gasteiger partial charge in [0.1, 0.15) is 17.5 Å². The molecule has 7 nitrogen and oxygen atoms in total. The molecule has 0 radical (unpaired) electrons. The van der Waals surface area contributed by atoms with Crippen molar-refractivity contribution in [1.29, 1.82) is 0 Å². The van der Waals surface area contributed by atoms with Crippen LogP contribution in [-0.2, 0) is 17.6 Å². The largest absolute Gasteiger partial charge is 0.411 e. The van der Waals surface area contributed by atoms with Gasteiger partial charge >= 0.3 is 0 Å². The summed E-state index contributed by atoms with van der Waals surface area (Å²) >= 11 is 5.90. The molecule has 1 saturated heterocycles. The highest BCUT2D eigenvalue weighted by molar-refractivity contribution is 6.30. The van der Waals surface area contributed by atoms with Gasteiger partial charge in [0, 0.05) is 48.8 Å². The van der Waals surface area contributed by atoms with Crippen molar-refractivity contribution in [2.75, 3.05) is 38.2 Å². The van der Waals surface area contributed by atoms with E-state index in [1.54, 1.807) is 18.3 Å². The van der Waals surface area contributed by atoms with E-state index in [4.69, 9.17) is 21.3 Å². The number of amidine groups is 1. The van der Waals surface area contributed by atoms with Gasteiger partial charge in [-0.3, -0.25) is 9.89 Å². The Labute approximate surface area is 191 Å². The van der Waals surface area contributed by atoms with Gasteiger partial charge in [-0.1, -0.05) is 22.8 Å². The van der Waals surface area contributed by atoms with Crippen LogP contribution < -0.4 is 5.32 Å². The molecule has 1 saturated carbocycles. The number of anilines is 1. The molecule has 1 aliphatic carbocycles. The fraction of sp³-hybridized carbons (Fsp3) is 0.435. The van der Waals surface area contributed by atoms with Gasteiger partial charge in [0.05, 0.1) is 30.5 Å². The van der Waals surface area contributed by atoms with Crippen LogP contribution >= 0.6 is 11.6 Å². The molecule has 2 N–H and O–H groups in total. The topological polar surface area (TPSA) is 82.3 Å². The van der Waals surface area contributed by atoms with Crippen LogP contribution in [0.5, 0.6) is 0 Å². The SMILES string of the molecule is O/N=C(\Cc1ccc(F)c(Cl)c1)c1ccnc2c1CC(=NCCN1CCOCC13CC3)N2. The average molecular weight is 458 g/mol. The van der Waals surface area contributed by atoms with Gasteiger partial charge in [-0.05, 0) is 36.6 Å². The lowest BCUT2D eigenvalue weighted by Gasteiger charge is -2.35. The summed E-state index contributed by atoms with van der Waals surface area (Å²) in [5, 5.41) is 16.6. The van der Waals surface area contributed by atoms with E-state index in [9.17, 15) is 9.60 Å². The van der Waals surface area contributed by atoms with Crippen LogP contribution in [0.2, 0.25) is 5.02 Å². The van der Waals surface area contributed by atoms with Crippen molar-refractivity contribution in [2.45, 2.75) is 31.2 Å². The molecular formula is C23H25ClFN5O2. The quantitative estimate of drug-likeness (QED) is 0.394. The molecule has 32 heavy (non-hydrogen) atoms. The number of benzene rings is 1. The molecule has 3 aliphatic rings. The lowest BCUT2D eigenvalue weighted by molar-refractivity contribution is -0.0184. The Kier molecular flexibility index (Phi) is 5.84. The first-order valence-electron chi connectivity index (χ1n) is 10.8. The van der Waals surface area contributed by atoms with E-state index in [-0.39, 0.29) is 10.6 Å². The highest BCUT2D eigenvalue weighted by atomic mass is 35.5. The Morgan fingerprint density at radius 3 is 3.00 bits per heavy atom. The number of oxime groups is 1. The van der Waals surface area contributed by atoms with Gasteiger partial charge in [0.2, 0.25) is 0 Å². The zero-order valence-corrected chi connectivity index (χ0v) is 18.4. The van der Waals surface area contributed by atoms with E-state index in [2.05, 4.69) is 20.4 Å². The van der Waals surface area contributed by atoms with Crippen molar-refractivity contribution in [1.82, 2.24) is 9.88 Å². The number of hydrogen-bond donors (Lipinski definition) is 2. The first-order chi connectivity index (χ1) is 15.6. The van der Waals surface area contributed by atoms with Crippen molar-refractivity contribution >= 4 is 29.0 Å². The second kappa shape index (κ2) is 8.77. The summed E-state index contributed by atoms with van der Waals surface area (Å²) in [7, 11) is 0. The predicted octanol–water partition coefficient (Wildman–Crippen LogP) is 3.53. The maximum atomic E-state index is 13.5. The van der Waals surface area contributed by atoms with Crippen LogP contribution in [-0.4, -0.2) is 65.0 Å². The van der Waals surface area contributed by atoms with E-state index in [1.165, 1.54) is 18.9 Å². The van der Waals surface area contributed by atoms with Crippen LogP contribution in [0.4, 0.5) is 10.2 Å². The van der Waals surface area contributed by atoms with Gasteiger partial charge in [-0.15, -0.1) is 0 Å². The second-order valence-corrected chi connectivity index (χ2v) is 8.96. The maximum absolute atomic E-state index is 13.5. The van der Waals surface area contributed by atoms with E-state index in [0.717, 1.165) is 54.6 Å². The second-order valence-electron chi connectivity index (χ2n) is 8.55. The molecular weight excluding hydrogens is 433 g/mol. The molecule has 2 aromatic rings. The van der Waals surface area contributed by atoms with Crippen molar-refractivity contribution in [2.24, 2.45) is 10.1 Å². The molecule has 0 atom stereocenters. The van der Waals surface area contributed by atoms with E-state index in [1.807, 2.05) is 6.07 Å². The van der Waals surface area contributed by atoms with Crippen LogP contribution in [0.25, 0.3) is 0 Å². The van der Waals surface area contributed by atoms with Crippen molar-refractivity contribution in [3.8, 4) is 0 Å². The van der Waals surface area contributed by atoms with Gasteiger partial charge in [0.25, 0.3) is 0 Å². The maximum Gasteiger partial charge on any atom is 0.141 e. The normalized spacial score (nSPS) is 21.1. The molecule has 0 bridgehead atoms. The Morgan fingerprint density at radius 2 is 2.22 bits per heavy atom. The molecule has 9 heteroatoms. The molecule has 168 valence electrons. The average Bonchev–Trinajstić information content (AvgIpc) is 3.43. The predicted molar refractivity (Wildman–Crippen MR) is 122 cm³/mol. The third-order valence-electron chi connectivity index (χ3n) is 6.50. The van der Waals surface area contributed by atoms with Crippen LogP contribution in [0.1, 0.15) is 29.5 Å². The lowest BCUT2D eigenvalue weighted by atomic mass is 9.98. The number of halogens is 2. The minimum atomic E-state index is -0.475. The highest BCUT2D eigenvalue weighted by Gasteiger charge is 2.49. The Hall–Kier alpha value is -2.55. The molecule has 0 amide bonds. The molecule has 2 aliphatic heterocycles. The number of nitrogens with one attached hydrogen (secondary N) is 1. The third kappa shape index (κ3) is 4.22. The van der Waals surface area contributed by atoms with Gasteiger partial charge < -0.3 is 15.3 Å². The summed E-state index contributed by atoms with van der Waals surface area (Å²) in [6.45, 7) is 4.22.